The molecule has 1 aliphatic heterocycles. The van der Waals surface area contributed by atoms with Crippen molar-refractivity contribution in [3.8, 4) is 17.0 Å². The van der Waals surface area contributed by atoms with Gasteiger partial charge in [0, 0.05) is 28.1 Å². The molecule has 2 aromatic rings. The van der Waals surface area contributed by atoms with Crippen molar-refractivity contribution in [1.29, 1.82) is 0 Å². The Bertz CT molecular complexity index is 1350. The molecule has 5 rings (SSSR count). The van der Waals surface area contributed by atoms with Crippen LogP contribution < -0.4 is 21.1 Å². The molecule has 1 aromatic heterocycles. The van der Waals surface area contributed by atoms with Gasteiger partial charge in [-0.15, -0.1) is 0 Å². The van der Waals surface area contributed by atoms with Crippen LogP contribution in [0.2, 0.25) is 0 Å². The van der Waals surface area contributed by atoms with Gasteiger partial charge < -0.3 is 35.4 Å². The molecule has 220 valence electrons. The van der Waals surface area contributed by atoms with Crippen LogP contribution in [0.15, 0.2) is 29.7 Å². The van der Waals surface area contributed by atoms with Crippen LogP contribution in [-0.4, -0.2) is 64.9 Å². The highest BCUT2D eigenvalue weighted by atomic mass is 16.7. The molecule has 2 amide bonds. The molecule has 0 unspecified atom stereocenters. The number of nitrogens with two attached hydrogens (primary N) is 1. The zero-order chi connectivity index (χ0) is 29.4. The summed E-state index contributed by atoms with van der Waals surface area (Å²) in [4.78, 5) is 38.1. The number of aromatic nitrogens is 2. The van der Waals surface area contributed by atoms with Crippen molar-refractivity contribution in [1.82, 2.24) is 20.6 Å². The van der Waals surface area contributed by atoms with Gasteiger partial charge in [0.05, 0.1) is 24.1 Å². The fourth-order valence-electron chi connectivity index (χ4n) is 5.54. The first-order chi connectivity index (χ1) is 19.4. The number of carbonyl (C=O) groups excluding carboxylic acids is 2. The van der Waals surface area contributed by atoms with Crippen molar-refractivity contribution in [2.24, 2.45) is 5.16 Å². The number of nitrogens with zero attached hydrogens (tertiary/aromatic N) is 3. The van der Waals surface area contributed by atoms with Crippen LogP contribution in [0.3, 0.4) is 0 Å². The van der Waals surface area contributed by atoms with E-state index in [1.165, 1.54) is 6.33 Å². The van der Waals surface area contributed by atoms with Crippen LogP contribution in [-0.2, 0) is 19.7 Å². The van der Waals surface area contributed by atoms with Gasteiger partial charge in [-0.1, -0.05) is 5.16 Å². The van der Waals surface area contributed by atoms with Crippen molar-refractivity contribution in [2.45, 2.75) is 89.6 Å². The number of nitrogens with one attached hydrogen (secondary N) is 2. The minimum atomic E-state index is -0.678. The van der Waals surface area contributed by atoms with E-state index in [1.54, 1.807) is 0 Å². The van der Waals surface area contributed by atoms with Gasteiger partial charge in [-0.2, -0.15) is 0 Å². The second-order valence-corrected chi connectivity index (χ2v) is 12.2. The van der Waals surface area contributed by atoms with E-state index in [0.717, 1.165) is 48.1 Å². The number of hydrogen-bond donors (Lipinski definition) is 3. The lowest BCUT2D eigenvalue weighted by Crippen LogP contribution is -2.42. The first-order valence-corrected chi connectivity index (χ1v) is 14.0. The quantitative estimate of drug-likeness (QED) is 0.438. The van der Waals surface area contributed by atoms with E-state index in [4.69, 9.17) is 24.8 Å². The van der Waals surface area contributed by atoms with E-state index in [1.807, 2.05) is 52.8 Å². The summed E-state index contributed by atoms with van der Waals surface area (Å²) in [6.07, 6.45) is 3.38. The Morgan fingerprint density at radius 2 is 1.95 bits per heavy atom. The standard InChI is InChI=1S/C29H38N6O6/c1-28(2,3)41-27(37)34-16-6-8-17(9-7-16)39-18-10-11-20-21(12-18)24(35-38-14-19-13-31-26(36)40-19)29(4,5)22-23(20)32-15-33-25(22)30/h10-12,15-17,19H,6-9,13-14H2,1-5H3,(H,31,36)(H,34,37)(H2,30,32,33)/b35-24+/t16?,17?,19-/m1/s1. The lowest BCUT2D eigenvalue weighted by atomic mass is 9.70. The summed E-state index contributed by atoms with van der Waals surface area (Å²) in [6.45, 7) is 10.0. The molecule has 41 heavy (non-hydrogen) atoms. The third-order valence-corrected chi connectivity index (χ3v) is 7.46. The lowest BCUT2D eigenvalue weighted by molar-refractivity contribution is 0.0470. The third-order valence-electron chi connectivity index (χ3n) is 7.46. The maximum atomic E-state index is 12.2. The maximum Gasteiger partial charge on any atom is 0.407 e. The Morgan fingerprint density at radius 3 is 2.63 bits per heavy atom. The number of rotatable bonds is 6. The van der Waals surface area contributed by atoms with Crippen molar-refractivity contribution in [3.05, 3.63) is 35.7 Å². The molecule has 0 radical (unpaired) electrons. The predicted octanol–water partition coefficient (Wildman–Crippen LogP) is 4.06. The van der Waals surface area contributed by atoms with E-state index >= 15 is 0 Å². The summed E-state index contributed by atoms with van der Waals surface area (Å²) < 4.78 is 17.0. The van der Waals surface area contributed by atoms with Crippen molar-refractivity contribution < 1.29 is 28.6 Å². The Kier molecular flexibility index (Phi) is 7.67. The summed E-state index contributed by atoms with van der Waals surface area (Å²) >= 11 is 0. The van der Waals surface area contributed by atoms with Crippen molar-refractivity contribution in [2.75, 3.05) is 18.9 Å². The minimum Gasteiger partial charge on any atom is -0.490 e. The monoisotopic (exact) mass is 566 g/mol. The number of alkyl carbamates (subject to hydrolysis) is 2. The molecule has 0 bridgehead atoms. The summed E-state index contributed by atoms with van der Waals surface area (Å²) in [5.74, 6) is 1.08. The van der Waals surface area contributed by atoms with Gasteiger partial charge >= 0.3 is 12.2 Å². The Morgan fingerprint density at radius 1 is 1.20 bits per heavy atom. The van der Waals surface area contributed by atoms with E-state index in [0.29, 0.717) is 23.8 Å². The SMILES string of the molecule is CC(C)(C)OC(=O)NC1CCC(Oc2ccc3c(c2)/C(=N\OC[C@H]2CNC(=O)O2)C(C)(C)c2c(N)ncnc2-3)CC1. The first-order valence-electron chi connectivity index (χ1n) is 14.0. The van der Waals surface area contributed by atoms with Gasteiger partial charge in [-0.3, -0.25) is 0 Å². The second kappa shape index (κ2) is 11.1. The number of carbonyl (C=O) groups is 2. The maximum absolute atomic E-state index is 12.2. The molecule has 1 saturated carbocycles. The van der Waals surface area contributed by atoms with Gasteiger partial charge in [-0.05, 0) is 78.5 Å². The highest BCUT2D eigenvalue weighted by molar-refractivity contribution is 6.15. The van der Waals surface area contributed by atoms with E-state index in [2.05, 4.69) is 25.8 Å². The Labute approximate surface area is 239 Å². The zero-order valence-electron chi connectivity index (χ0n) is 24.2. The molecule has 2 aliphatic carbocycles. The smallest absolute Gasteiger partial charge is 0.407 e. The number of ether oxygens (including phenoxy) is 3. The molecular formula is C29H38N6O6. The van der Waals surface area contributed by atoms with E-state index in [-0.39, 0.29) is 24.8 Å². The summed E-state index contributed by atoms with van der Waals surface area (Å²) in [5.41, 5.74) is 8.95. The fourth-order valence-corrected chi connectivity index (χ4v) is 5.54. The minimum absolute atomic E-state index is 0.00721. The van der Waals surface area contributed by atoms with E-state index < -0.39 is 23.2 Å². The molecule has 1 atom stereocenters. The van der Waals surface area contributed by atoms with Crippen LogP contribution in [0.1, 0.15) is 71.4 Å². The summed E-state index contributed by atoms with van der Waals surface area (Å²) in [6, 6.07) is 5.90. The van der Waals surface area contributed by atoms with Crippen LogP contribution >= 0.6 is 0 Å². The topological polar surface area (TPSA) is 159 Å². The number of hydrogen-bond acceptors (Lipinski definition) is 10. The molecule has 1 aromatic carbocycles. The first kappa shape index (κ1) is 28.4. The zero-order valence-corrected chi connectivity index (χ0v) is 24.2. The van der Waals surface area contributed by atoms with Crippen LogP contribution in [0, 0.1) is 0 Å². The van der Waals surface area contributed by atoms with Crippen LogP contribution in [0.25, 0.3) is 11.3 Å². The highest BCUT2D eigenvalue weighted by Gasteiger charge is 2.41. The van der Waals surface area contributed by atoms with E-state index in [9.17, 15) is 9.59 Å². The predicted molar refractivity (Wildman–Crippen MR) is 152 cm³/mol. The summed E-state index contributed by atoms with van der Waals surface area (Å²) in [7, 11) is 0. The molecule has 3 aliphatic rings. The third kappa shape index (κ3) is 6.31. The number of fused-ring (bicyclic) bond motifs is 3. The number of nitrogen functional groups attached to an aromatic ring is 1. The van der Waals surface area contributed by atoms with Crippen molar-refractivity contribution >= 4 is 23.7 Å². The van der Waals surface area contributed by atoms with Gasteiger partial charge in [0.2, 0.25) is 0 Å². The largest absolute Gasteiger partial charge is 0.490 e. The average Bonchev–Trinajstić information content (AvgIpc) is 3.30. The number of anilines is 1. The van der Waals surface area contributed by atoms with Gasteiger partial charge in [0.25, 0.3) is 0 Å². The molecule has 0 spiro atoms. The van der Waals surface area contributed by atoms with Crippen LogP contribution in [0.4, 0.5) is 15.4 Å². The van der Waals surface area contributed by atoms with Crippen molar-refractivity contribution in [3.63, 3.8) is 0 Å². The Balaban J connectivity index is 1.33. The summed E-state index contributed by atoms with van der Waals surface area (Å²) in [5, 5.41) is 10.1. The van der Waals surface area contributed by atoms with Gasteiger partial charge in [0.15, 0.2) is 12.7 Å². The fraction of sp³-hybridized carbons (Fsp3) is 0.552. The molecular weight excluding hydrogens is 528 g/mol. The average molecular weight is 567 g/mol. The van der Waals surface area contributed by atoms with Gasteiger partial charge in [0.1, 0.15) is 23.5 Å². The van der Waals surface area contributed by atoms with Gasteiger partial charge in [-0.25, -0.2) is 19.6 Å². The molecule has 12 nitrogen and oxygen atoms in total. The van der Waals surface area contributed by atoms with Crippen LogP contribution in [0.5, 0.6) is 5.75 Å². The lowest BCUT2D eigenvalue weighted by Gasteiger charge is -2.35. The number of oxime groups is 1. The number of benzene rings is 1. The number of cyclic esters (lactones) is 1. The molecule has 12 heteroatoms. The second-order valence-electron chi connectivity index (χ2n) is 12.2. The Hall–Kier alpha value is -4.09. The molecule has 1 saturated heterocycles. The molecule has 2 fully saturated rings. The normalized spacial score (nSPS) is 24.0. The highest BCUT2D eigenvalue weighted by Crippen LogP contribution is 2.45. The molecule has 2 heterocycles. The number of amides is 2. The molecule has 4 N–H and O–H groups in total.